The molecule has 2 N–H and O–H groups in total. The standard InChI is InChI=1S/C21H26N2O5/c24-7-6-23(21(26)14-4-2-1-3-5-14)13-16-10-15-11-18-19(28-9-8-27-18)12-17(15)22-20(16)25/h10-12,14,24H,1-9,13H2,(H,22,25). The van der Waals surface area contributed by atoms with Crippen LogP contribution in [0.2, 0.25) is 0 Å². The molecular formula is C21H26N2O5. The predicted molar refractivity (Wildman–Crippen MR) is 105 cm³/mol. The second-order valence-electron chi connectivity index (χ2n) is 7.53. The molecule has 0 bridgehead atoms. The van der Waals surface area contributed by atoms with Gasteiger partial charge in [0.2, 0.25) is 5.91 Å². The third-order valence-corrected chi connectivity index (χ3v) is 5.58. The Kier molecular flexibility index (Phi) is 5.52. The van der Waals surface area contributed by atoms with Gasteiger partial charge in [0.25, 0.3) is 5.56 Å². The highest BCUT2D eigenvalue weighted by atomic mass is 16.6. The highest BCUT2D eigenvalue weighted by molar-refractivity contribution is 5.83. The van der Waals surface area contributed by atoms with Gasteiger partial charge in [-0.05, 0) is 25.0 Å². The van der Waals surface area contributed by atoms with Gasteiger partial charge in [-0.25, -0.2) is 0 Å². The molecule has 1 aromatic heterocycles. The highest BCUT2D eigenvalue weighted by Gasteiger charge is 2.26. The van der Waals surface area contributed by atoms with Crippen LogP contribution in [-0.4, -0.2) is 47.3 Å². The SMILES string of the molecule is O=C(C1CCCCC1)N(CCO)Cc1cc2cc3c(cc2[nH]c1=O)OCCO3. The molecule has 2 aliphatic rings. The average Bonchev–Trinajstić information content (AvgIpc) is 2.72. The van der Waals surface area contributed by atoms with Gasteiger partial charge < -0.3 is 24.5 Å². The van der Waals surface area contributed by atoms with Crippen molar-refractivity contribution in [2.24, 2.45) is 5.92 Å². The Morgan fingerprint density at radius 2 is 1.82 bits per heavy atom. The molecule has 7 nitrogen and oxygen atoms in total. The molecule has 2 heterocycles. The van der Waals surface area contributed by atoms with Gasteiger partial charge >= 0.3 is 0 Å². The Morgan fingerprint density at radius 3 is 2.54 bits per heavy atom. The number of pyridine rings is 1. The number of nitrogens with zero attached hydrogens (tertiary/aromatic N) is 1. The van der Waals surface area contributed by atoms with E-state index >= 15 is 0 Å². The summed E-state index contributed by atoms with van der Waals surface area (Å²) in [5.74, 6) is 1.31. The number of aliphatic hydroxyl groups excluding tert-OH is 1. The van der Waals surface area contributed by atoms with Crippen molar-refractivity contribution in [2.75, 3.05) is 26.4 Å². The smallest absolute Gasteiger partial charge is 0.253 e. The lowest BCUT2D eigenvalue weighted by Gasteiger charge is -2.29. The van der Waals surface area contributed by atoms with Crippen molar-refractivity contribution in [3.05, 3.63) is 34.1 Å². The number of ether oxygens (including phenoxy) is 2. The van der Waals surface area contributed by atoms with Crippen molar-refractivity contribution in [1.29, 1.82) is 0 Å². The van der Waals surface area contributed by atoms with Crippen molar-refractivity contribution in [3.8, 4) is 11.5 Å². The van der Waals surface area contributed by atoms with Crippen LogP contribution in [0.4, 0.5) is 0 Å². The molecule has 0 spiro atoms. The van der Waals surface area contributed by atoms with Crippen LogP contribution in [0.1, 0.15) is 37.7 Å². The number of nitrogens with one attached hydrogen (secondary N) is 1. The Balaban J connectivity index is 1.61. The molecule has 1 saturated carbocycles. The zero-order valence-electron chi connectivity index (χ0n) is 15.9. The van der Waals surface area contributed by atoms with Gasteiger partial charge in [0, 0.05) is 29.5 Å². The van der Waals surface area contributed by atoms with Crippen molar-refractivity contribution in [1.82, 2.24) is 9.88 Å². The van der Waals surface area contributed by atoms with Crippen molar-refractivity contribution in [3.63, 3.8) is 0 Å². The molecule has 150 valence electrons. The predicted octanol–water partition coefficient (Wildman–Crippen LogP) is 2.20. The van der Waals surface area contributed by atoms with E-state index in [0.29, 0.717) is 35.8 Å². The Bertz CT molecular complexity index is 917. The van der Waals surface area contributed by atoms with Gasteiger partial charge in [-0.2, -0.15) is 0 Å². The number of hydrogen-bond donors (Lipinski definition) is 2. The number of amides is 1. The summed E-state index contributed by atoms with van der Waals surface area (Å²) in [4.78, 5) is 30.0. The monoisotopic (exact) mass is 386 g/mol. The molecular weight excluding hydrogens is 360 g/mol. The normalized spacial score (nSPS) is 16.9. The van der Waals surface area contributed by atoms with Gasteiger partial charge in [-0.15, -0.1) is 0 Å². The molecule has 1 fully saturated rings. The van der Waals surface area contributed by atoms with Gasteiger partial charge in [-0.3, -0.25) is 9.59 Å². The molecule has 0 saturated heterocycles. The van der Waals surface area contributed by atoms with Crippen molar-refractivity contribution >= 4 is 16.8 Å². The molecule has 0 radical (unpaired) electrons. The fraction of sp³-hybridized carbons (Fsp3) is 0.524. The maximum absolute atomic E-state index is 12.9. The quantitative estimate of drug-likeness (QED) is 0.822. The summed E-state index contributed by atoms with van der Waals surface area (Å²) in [5, 5.41) is 10.3. The number of H-pyrrole nitrogens is 1. The average molecular weight is 386 g/mol. The number of hydrogen-bond acceptors (Lipinski definition) is 5. The maximum Gasteiger partial charge on any atom is 0.253 e. The topological polar surface area (TPSA) is 91.9 Å². The third kappa shape index (κ3) is 3.85. The van der Waals surface area contributed by atoms with E-state index in [0.717, 1.165) is 31.1 Å². The van der Waals surface area contributed by atoms with Crippen LogP contribution in [0, 0.1) is 5.92 Å². The van der Waals surface area contributed by atoms with Crippen LogP contribution in [0.3, 0.4) is 0 Å². The van der Waals surface area contributed by atoms with E-state index < -0.39 is 0 Å². The number of carbonyl (C=O) groups excluding carboxylic acids is 1. The lowest BCUT2D eigenvalue weighted by molar-refractivity contribution is -0.137. The number of aliphatic hydroxyl groups is 1. The van der Waals surface area contributed by atoms with Crippen LogP contribution in [0.5, 0.6) is 11.5 Å². The molecule has 28 heavy (non-hydrogen) atoms. The fourth-order valence-corrected chi connectivity index (χ4v) is 4.11. The number of aromatic amines is 1. The van der Waals surface area contributed by atoms with E-state index in [9.17, 15) is 14.7 Å². The van der Waals surface area contributed by atoms with Crippen LogP contribution in [0.25, 0.3) is 10.9 Å². The van der Waals surface area contributed by atoms with E-state index in [4.69, 9.17) is 9.47 Å². The molecule has 1 amide bonds. The van der Waals surface area contributed by atoms with E-state index in [1.165, 1.54) is 6.42 Å². The number of fused-ring (bicyclic) bond motifs is 2. The zero-order chi connectivity index (χ0) is 19.5. The molecule has 0 atom stereocenters. The molecule has 0 unspecified atom stereocenters. The maximum atomic E-state index is 12.9. The number of benzene rings is 1. The van der Waals surface area contributed by atoms with E-state index in [2.05, 4.69) is 4.98 Å². The van der Waals surface area contributed by atoms with E-state index in [1.807, 2.05) is 6.07 Å². The van der Waals surface area contributed by atoms with Crippen molar-refractivity contribution < 1.29 is 19.4 Å². The summed E-state index contributed by atoms with van der Waals surface area (Å²) in [7, 11) is 0. The largest absolute Gasteiger partial charge is 0.486 e. The molecule has 7 heteroatoms. The molecule has 2 aromatic rings. The summed E-state index contributed by atoms with van der Waals surface area (Å²) >= 11 is 0. The lowest BCUT2D eigenvalue weighted by Crippen LogP contribution is -2.39. The van der Waals surface area contributed by atoms with Gasteiger partial charge in [0.1, 0.15) is 13.2 Å². The van der Waals surface area contributed by atoms with E-state index in [-0.39, 0.29) is 37.1 Å². The second-order valence-corrected chi connectivity index (χ2v) is 7.53. The molecule has 4 rings (SSSR count). The molecule has 1 aromatic carbocycles. The number of aromatic nitrogens is 1. The first kappa shape index (κ1) is 18.8. The van der Waals surface area contributed by atoms with Crippen molar-refractivity contribution in [2.45, 2.75) is 38.6 Å². The van der Waals surface area contributed by atoms with Crippen LogP contribution in [-0.2, 0) is 11.3 Å². The van der Waals surface area contributed by atoms with E-state index in [1.54, 1.807) is 17.0 Å². The minimum atomic E-state index is -0.233. The summed E-state index contributed by atoms with van der Waals surface area (Å²) in [6.07, 6.45) is 5.07. The summed E-state index contributed by atoms with van der Waals surface area (Å²) in [5.41, 5.74) is 0.940. The fourth-order valence-electron chi connectivity index (χ4n) is 4.11. The number of rotatable bonds is 5. The van der Waals surface area contributed by atoms with Gasteiger partial charge in [0.15, 0.2) is 11.5 Å². The summed E-state index contributed by atoms with van der Waals surface area (Å²) in [6.45, 7) is 1.28. The summed E-state index contributed by atoms with van der Waals surface area (Å²) in [6, 6.07) is 5.42. The Hall–Kier alpha value is -2.54. The van der Waals surface area contributed by atoms with Crippen LogP contribution in [0.15, 0.2) is 23.0 Å². The molecule has 1 aliphatic carbocycles. The first-order valence-electron chi connectivity index (χ1n) is 10.0. The Morgan fingerprint density at radius 1 is 1.11 bits per heavy atom. The lowest BCUT2D eigenvalue weighted by atomic mass is 9.88. The van der Waals surface area contributed by atoms with Gasteiger partial charge in [0.05, 0.1) is 18.7 Å². The third-order valence-electron chi connectivity index (χ3n) is 5.58. The Labute approximate surface area is 163 Å². The van der Waals surface area contributed by atoms with Crippen LogP contribution < -0.4 is 15.0 Å². The highest BCUT2D eigenvalue weighted by Crippen LogP contribution is 2.33. The van der Waals surface area contributed by atoms with Gasteiger partial charge in [-0.1, -0.05) is 19.3 Å². The zero-order valence-corrected chi connectivity index (χ0v) is 15.9. The minimum Gasteiger partial charge on any atom is -0.486 e. The minimum absolute atomic E-state index is 0.00240. The first-order valence-corrected chi connectivity index (χ1v) is 10.0. The summed E-state index contributed by atoms with van der Waals surface area (Å²) < 4.78 is 11.2. The van der Waals surface area contributed by atoms with Crippen LogP contribution >= 0.6 is 0 Å². The number of carbonyl (C=O) groups is 1. The second kappa shape index (κ2) is 8.22. The molecule has 1 aliphatic heterocycles. The first-order chi connectivity index (χ1) is 13.7.